The topological polar surface area (TPSA) is 58.2 Å². The van der Waals surface area contributed by atoms with E-state index < -0.39 is 0 Å². The SMILES string of the molecule is CCNC(=O)CNC(=O)C(C)CCl. The van der Waals surface area contributed by atoms with Crippen molar-refractivity contribution >= 4 is 23.4 Å². The lowest BCUT2D eigenvalue weighted by molar-refractivity contribution is -0.127. The highest BCUT2D eigenvalue weighted by Crippen LogP contribution is 1.96. The summed E-state index contributed by atoms with van der Waals surface area (Å²) in [5, 5.41) is 5.05. The first-order chi connectivity index (χ1) is 6.11. The van der Waals surface area contributed by atoms with E-state index in [4.69, 9.17) is 11.6 Å². The summed E-state index contributed by atoms with van der Waals surface area (Å²) < 4.78 is 0. The molecule has 0 saturated carbocycles. The summed E-state index contributed by atoms with van der Waals surface area (Å²) in [7, 11) is 0. The highest BCUT2D eigenvalue weighted by atomic mass is 35.5. The van der Waals surface area contributed by atoms with Crippen molar-refractivity contribution in [1.82, 2.24) is 10.6 Å². The van der Waals surface area contributed by atoms with Gasteiger partial charge >= 0.3 is 0 Å². The molecule has 76 valence electrons. The summed E-state index contributed by atoms with van der Waals surface area (Å²) in [6.07, 6.45) is 0. The van der Waals surface area contributed by atoms with Crippen molar-refractivity contribution in [3.63, 3.8) is 0 Å². The first-order valence-electron chi connectivity index (χ1n) is 4.22. The third kappa shape index (κ3) is 5.47. The molecule has 0 heterocycles. The van der Waals surface area contributed by atoms with Gasteiger partial charge in [0.25, 0.3) is 0 Å². The van der Waals surface area contributed by atoms with E-state index in [0.29, 0.717) is 6.54 Å². The van der Waals surface area contributed by atoms with Gasteiger partial charge in [-0.2, -0.15) is 0 Å². The Morgan fingerprint density at radius 1 is 1.38 bits per heavy atom. The van der Waals surface area contributed by atoms with Crippen molar-refractivity contribution in [2.45, 2.75) is 13.8 Å². The summed E-state index contributed by atoms with van der Waals surface area (Å²) in [5.41, 5.74) is 0. The second-order valence-electron chi connectivity index (χ2n) is 2.73. The summed E-state index contributed by atoms with van der Waals surface area (Å²) in [5.74, 6) is -0.365. The first kappa shape index (κ1) is 12.2. The van der Waals surface area contributed by atoms with Gasteiger partial charge in [0.1, 0.15) is 0 Å². The fraction of sp³-hybridized carbons (Fsp3) is 0.750. The minimum atomic E-state index is -0.254. The van der Waals surface area contributed by atoms with Crippen LogP contribution in [0.25, 0.3) is 0 Å². The molecule has 2 N–H and O–H groups in total. The van der Waals surface area contributed by atoms with Gasteiger partial charge in [0, 0.05) is 18.3 Å². The van der Waals surface area contributed by atoms with Crippen LogP contribution in [0.3, 0.4) is 0 Å². The van der Waals surface area contributed by atoms with Crippen LogP contribution in [0.1, 0.15) is 13.8 Å². The Balaban J connectivity index is 3.63. The minimum absolute atomic E-state index is 0.0217. The number of carbonyl (C=O) groups is 2. The molecule has 0 bridgehead atoms. The first-order valence-corrected chi connectivity index (χ1v) is 4.75. The zero-order valence-electron chi connectivity index (χ0n) is 7.89. The highest BCUT2D eigenvalue weighted by Gasteiger charge is 2.11. The molecule has 5 heteroatoms. The average molecular weight is 207 g/mol. The van der Waals surface area contributed by atoms with Crippen molar-refractivity contribution in [1.29, 1.82) is 0 Å². The van der Waals surface area contributed by atoms with Crippen molar-refractivity contribution < 1.29 is 9.59 Å². The van der Waals surface area contributed by atoms with E-state index in [9.17, 15) is 9.59 Å². The molecule has 1 atom stereocenters. The fourth-order valence-electron chi connectivity index (χ4n) is 0.671. The van der Waals surface area contributed by atoms with Gasteiger partial charge in [0.15, 0.2) is 0 Å². The Hall–Kier alpha value is -0.770. The van der Waals surface area contributed by atoms with Crippen LogP contribution in [-0.2, 0) is 9.59 Å². The molecule has 0 aromatic carbocycles. The number of nitrogens with one attached hydrogen (secondary N) is 2. The molecule has 0 aliphatic carbocycles. The van der Waals surface area contributed by atoms with Crippen LogP contribution in [0.5, 0.6) is 0 Å². The van der Waals surface area contributed by atoms with Crippen molar-refractivity contribution in [3.8, 4) is 0 Å². The molecule has 2 amide bonds. The number of alkyl halides is 1. The standard InChI is InChI=1S/C8H15ClN2O2/c1-3-10-7(12)5-11-8(13)6(2)4-9/h6H,3-5H2,1-2H3,(H,10,12)(H,11,13). The number of carbonyl (C=O) groups excluding carboxylic acids is 2. The quantitative estimate of drug-likeness (QED) is 0.628. The van der Waals surface area contributed by atoms with Crippen molar-refractivity contribution in [2.24, 2.45) is 5.92 Å². The van der Waals surface area contributed by atoms with Crippen LogP contribution in [0.2, 0.25) is 0 Å². The van der Waals surface area contributed by atoms with Crippen LogP contribution in [0.15, 0.2) is 0 Å². The average Bonchev–Trinajstić information content (AvgIpc) is 2.13. The van der Waals surface area contributed by atoms with Crippen molar-refractivity contribution in [2.75, 3.05) is 19.0 Å². The molecule has 0 saturated heterocycles. The second-order valence-corrected chi connectivity index (χ2v) is 3.04. The lowest BCUT2D eigenvalue weighted by Crippen LogP contribution is -2.39. The van der Waals surface area contributed by atoms with E-state index in [-0.39, 0.29) is 30.2 Å². The Kier molecular flexibility index (Phi) is 6.32. The number of rotatable bonds is 5. The normalized spacial score (nSPS) is 11.9. The molecular weight excluding hydrogens is 192 g/mol. The van der Waals surface area contributed by atoms with E-state index in [1.54, 1.807) is 6.92 Å². The zero-order valence-corrected chi connectivity index (χ0v) is 8.65. The van der Waals surface area contributed by atoms with Gasteiger partial charge < -0.3 is 10.6 Å². The molecule has 0 rings (SSSR count). The lowest BCUT2D eigenvalue weighted by Gasteiger charge is -2.08. The number of hydrogen-bond donors (Lipinski definition) is 2. The van der Waals surface area contributed by atoms with Gasteiger partial charge in [-0.25, -0.2) is 0 Å². The maximum atomic E-state index is 11.1. The van der Waals surface area contributed by atoms with Crippen LogP contribution < -0.4 is 10.6 Å². The molecule has 13 heavy (non-hydrogen) atoms. The van der Waals surface area contributed by atoms with Gasteiger partial charge in [-0.05, 0) is 6.92 Å². The van der Waals surface area contributed by atoms with Gasteiger partial charge in [0.2, 0.25) is 11.8 Å². The maximum Gasteiger partial charge on any atom is 0.239 e. The minimum Gasteiger partial charge on any atom is -0.355 e. The molecule has 1 unspecified atom stereocenters. The van der Waals surface area contributed by atoms with Gasteiger partial charge in [-0.15, -0.1) is 11.6 Å². The largest absolute Gasteiger partial charge is 0.355 e. The van der Waals surface area contributed by atoms with Crippen molar-refractivity contribution in [3.05, 3.63) is 0 Å². The zero-order chi connectivity index (χ0) is 10.3. The van der Waals surface area contributed by atoms with Gasteiger partial charge in [-0.1, -0.05) is 6.92 Å². The summed E-state index contributed by atoms with van der Waals surface area (Å²) in [6, 6.07) is 0. The number of amides is 2. The number of hydrogen-bond acceptors (Lipinski definition) is 2. The van der Waals surface area contributed by atoms with Crippen LogP contribution >= 0.6 is 11.6 Å². The van der Waals surface area contributed by atoms with E-state index in [2.05, 4.69) is 10.6 Å². The Morgan fingerprint density at radius 2 is 2.00 bits per heavy atom. The molecule has 0 spiro atoms. The number of likely N-dealkylation sites (N-methyl/N-ethyl adjacent to an activating group) is 1. The monoisotopic (exact) mass is 206 g/mol. The van der Waals surface area contributed by atoms with E-state index in [0.717, 1.165) is 0 Å². The summed E-state index contributed by atoms with van der Waals surface area (Å²) >= 11 is 5.46. The molecule has 0 aliphatic rings. The van der Waals surface area contributed by atoms with Crippen LogP contribution in [-0.4, -0.2) is 30.8 Å². The lowest BCUT2D eigenvalue weighted by atomic mass is 10.2. The Labute approximate surface area is 83.0 Å². The molecule has 0 aromatic rings. The molecule has 0 aliphatic heterocycles. The van der Waals surface area contributed by atoms with Crippen LogP contribution in [0.4, 0.5) is 0 Å². The Morgan fingerprint density at radius 3 is 2.46 bits per heavy atom. The molecule has 0 radical (unpaired) electrons. The van der Waals surface area contributed by atoms with E-state index in [1.165, 1.54) is 0 Å². The summed E-state index contributed by atoms with van der Waals surface area (Å²) in [6.45, 7) is 4.12. The predicted octanol–water partition coefficient (Wildman–Crippen LogP) is 0.114. The maximum absolute atomic E-state index is 11.1. The molecule has 0 aromatic heterocycles. The second kappa shape index (κ2) is 6.71. The van der Waals surface area contributed by atoms with E-state index in [1.807, 2.05) is 6.92 Å². The summed E-state index contributed by atoms with van der Waals surface area (Å²) in [4.78, 5) is 22.0. The molecular formula is C8H15ClN2O2. The third-order valence-corrected chi connectivity index (χ3v) is 1.94. The van der Waals surface area contributed by atoms with Gasteiger partial charge in [0.05, 0.1) is 6.54 Å². The van der Waals surface area contributed by atoms with Crippen LogP contribution in [0, 0.1) is 5.92 Å². The molecule has 0 fully saturated rings. The smallest absolute Gasteiger partial charge is 0.239 e. The molecule has 4 nitrogen and oxygen atoms in total. The number of halogens is 1. The predicted molar refractivity (Wildman–Crippen MR) is 51.6 cm³/mol. The van der Waals surface area contributed by atoms with Gasteiger partial charge in [-0.3, -0.25) is 9.59 Å². The fourth-order valence-corrected chi connectivity index (χ4v) is 0.812. The third-order valence-electron chi connectivity index (χ3n) is 1.48. The van der Waals surface area contributed by atoms with E-state index >= 15 is 0 Å². The highest BCUT2D eigenvalue weighted by molar-refractivity contribution is 6.19. The Bertz CT molecular complexity index is 185.